The van der Waals surface area contributed by atoms with Crippen molar-refractivity contribution in [2.24, 2.45) is 5.92 Å². The number of nitrogens with one attached hydrogen (secondary N) is 1. The van der Waals surface area contributed by atoms with Gasteiger partial charge in [0.1, 0.15) is 5.82 Å². The molecule has 2 unspecified atom stereocenters. The maximum Gasteiger partial charge on any atom is 0.490 e. The topological polar surface area (TPSA) is 79.3 Å². The van der Waals surface area contributed by atoms with Crippen LogP contribution in [-0.2, 0) is 9.59 Å². The molecule has 1 aromatic heterocycles. The number of halogens is 4. The average Bonchev–Trinajstić information content (AvgIpc) is 3.42. The van der Waals surface area contributed by atoms with Gasteiger partial charge in [0.2, 0.25) is 5.91 Å². The molecule has 30 heavy (non-hydrogen) atoms. The molecular formula is C21H22F4N2O3. The van der Waals surface area contributed by atoms with Crippen molar-refractivity contribution in [2.45, 2.75) is 44.8 Å². The van der Waals surface area contributed by atoms with E-state index in [1.54, 1.807) is 12.1 Å². The summed E-state index contributed by atoms with van der Waals surface area (Å²) in [5, 5.41) is 10.2. The molecule has 2 atom stereocenters. The predicted molar refractivity (Wildman–Crippen MR) is 102 cm³/mol. The number of carboxylic acids is 1. The smallest absolute Gasteiger partial charge is 0.475 e. The minimum atomic E-state index is -5.08. The van der Waals surface area contributed by atoms with Crippen molar-refractivity contribution in [3.8, 4) is 11.3 Å². The van der Waals surface area contributed by atoms with Crippen LogP contribution in [0.5, 0.6) is 0 Å². The van der Waals surface area contributed by atoms with Gasteiger partial charge in [-0.2, -0.15) is 13.2 Å². The fourth-order valence-electron chi connectivity index (χ4n) is 2.73. The van der Waals surface area contributed by atoms with E-state index >= 15 is 0 Å². The van der Waals surface area contributed by atoms with Crippen molar-refractivity contribution < 1.29 is 32.3 Å². The van der Waals surface area contributed by atoms with Gasteiger partial charge in [-0.05, 0) is 69.0 Å². The monoisotopic (exact) mass is 426 g/mol. The zero-order valence-electron chi connectivity index (χ0n) is 16.6. The Morgan fingerprint density at radius 2 is 1.63 bits per heavy atom. The van der Waals surface area contributed by atoms with Crippen molar-refractivity contribution >= 4 is 11.9 Å². The Morgan fingerprint density at radius 1 is 1.07 bits per heavy atom. The van der Waals surface area contributed by atoms with E-state index in [1.807, 2.05) is 39.1 Å². The van der Waals surface area contributed by atoms with Crippen LogP contribution in [-0.4, -0.2) is 33.7 Å². The van der Waals surface area contributed by atoms with Gasteiger partial charge in [0, 0.05) is 23.2 Å². The van der Waals surface area contributed by atoms with Crippen LogP contribution in [0.25, 0.3) is 11.3 Å². The number of benzene rings is 1. The number of nitrogens with zero attached hydrogens (tertiary/aromatic N) is 1. The van der Waals surface area contributed by atoms with E-state index in [-0.39, 0.29) is 29.1 Å². The average molecular weight is 426 g/mol. The molecule has 1 amide bonds. The van der Waals surface area contributed by atoms with Crippen LogP contribution in [0, 0.1) is 11.7 Å². The highest BCUT2D eigenvalue weighted by Gasteiger charge is 2.44. The van der Waals surface area contributed by atoms with Crippen LogP contribution in [0.4, 0.5) is 17.6 Å². The number of carboxylic acid groups (broad SMARTS) is 1. The summed E-state index contributed by atoms with van der Waals surface area (Å²) < 4.78 is 44.7. The number of carbonyl (C=O) groups excluding carboxylic acids is 1. The van der Waals surface area contributed by atoms with Gasteiger partial charge < -0.3 is 10.4 Å². The normalized spacial score (nSPS) is 18.1. The second-order valence-corrected chi connectivity index (χ2v) is 7.97. The molecule has 3 rings (SSSR count). The Labute approximate surface area is 171 Å². The number of aliphatic carboxylic acids is 1. The number of alkyl halides is 3. The molecule has 1 fully saturated rings. The molecule has 5 nitrogen and oxygen atoms in total. The van der Waals surface area contributed by atoms with Crippen LogP contribution in [0.3, 0.4) is 0 Å². The van der Waals surface area contributed by atoms with E-state index in [1.165, 1.54) is 12.1 Å². The highest BCUT2D eigenvalue weighted by atomic mass is 19.4. The molecule has 0 bridgehead atoms. The first-order valence-electron chi connectivity index (χ1n) is 9.12. The lowest BCUT2D eigenvalue weighted by Crippen LogP contribution is -2.41. The minimum absolute atomic E-state index is 0.0488. The SMILES string of the molecule is CC(C)(C)NC(=O)C1CC1c1ccc(-c2ccc(F)cc2)nc1.O=C(O)C(F)(F)F. The zero-order valence-corrected chi connectivity index (χ0v) is 16.6. The highest BCUT2D eigenvalue weighted by Crippen LogP contribution is 2.47. The van der Waals surface area contributed by atoms with Crippen molar-refractivity contribution in [3.63, 3.8) is 0 Å². The van der Waals surface area contributed by atoms with Crippen LogP contribution >= 0.6 is 0 Å². The third-order valence-electron chi connectivity index (χ3n) is 4.22. The molecule has 9 heteroatoms. The van der Waals surface area contributed by atoms with Crippen molar-refractivity contribution in [2.75, 3.05) is 0 Å². The molecule has 0 radical (unpaired) electrons. The van der Waals surface area contributed by atoms with E-state index in [0.717, 1.165) is 23.2 Å². The third kappa shape index (κ3) is 6.82. The Balaban J connectivity index is 0.000000396. The van der Waals surface area contributed by atoms with Gasteiger partial charge in [0.25, 0.3) is 0 Å². The lowest BCUT2D eigenvalue weighted by Gasteiger charge is -2.20. The highest BCUT2D eigenvalue weighted by molar-refractivity contribution is 5.83. The van der Waals surface area contributed by atoms with Crippen LogP contribution in [0.1, 0.15) is 38.7 Å². The number of amides is 1. The van der Waals surface area contributed by atoms with E-state index < -0.39 is 12.1 Å². The first kappa shape index (κ1) is 23.3. The number of aromatic nitrogens is 1. The standard InChI is InChI=1S/C19H21FN2O.C2HF3O2/c1-19(2,3)22-18(23)16-10-15(16)13-6-9-17(21-11-13)12-4-7-14(20)8-5-12;3-2(4,5)1(6)7/h4-9,11,15-16H,10H2,1-3H3,(H,22,23);(H,6,7). The number of hydrogen-bond acceptors (Lipinski definition) is 3. The van der Waals surface area contributed by atoms with Crippen LogP contribution < -0.4 is 5.32 Å². The molecule has 1 aliphatic carbocycles. The molecule has 1 aliphatic rings. The lowest BCUT2D eigenvalue weighted by molar-refractivity contribution is -0.192. The van der Waals surface area contributed by atoms with Gasteiger partial charge >= 0.3 is 12.1 Å². The van der Waals surface area contributed by atoms with E-state index in [0.29, 0.717) is 0 Å². The van der Waals surface area contributed by atoms with Gasteiger partial charge in [0.15, 0.2) is 0 Å². The summed E-state index contributed by atoms with van der Waals surface area (Å²) in [6, 6.07) is 10.2. The van der Waals surface area contributed by atoms with Crippen LogP contribution in [0.2, 0.25) is 0 Å². The fraction of sp³-hybridized carbons (Fsp3) is 0.381. The van der Waals surface area contributed by atoms with E-state index in [2.05, 4.69) is 10.3 Å². The zero-order chi connectivity index (χ0) is 22.7. The minimum Gasteiger partial charge on any atom is -0.475 e. The Bertz CT molecular complexity index is 888. The predicted octanol–water partition coefficient (Wildman–Crippen LogP) is 4.54. The molecule has 2 aromatic rings. The van der Waals surface area contributed by atoms with Gasteiger partial charge in [-0.1, -0.05) is 6.07 Å². The largest absolute Gasteiger partial charge is 0.490 e. The van der Waals surface area contributed by atoms with Crippen molar-refractivity contribution in [3.05, 3.63) is 54.0 Å². The van der Waals surface area contributed by atoms with Gasteiger partial charge in [-0.25, -0.2) is 9.18 Å². The molecule has 1 saturated carbocycles. The molecule has 0 spiro atoms. The molecule has 2 N–H and O–H groups in total. The van der Waals surface area contributed by atoms with Gasteiger partial charge in [-0.3, -0.25) is 9.78 Å². The maximum absolute atomic E-state index is 13.0. The first-order chi connectivity index (χ1) is 13.8. The van der Waals surface area contributed by atoms with Gasteiger partial charge in [0.05, 0.1) is 5.69 Å². The van der Waals surface area contributed by atoms with Crippen molar-refractivity contribution in [1.29, 1.82) is 0 Å². The summed E-state index contributed by atoms with van der Waals surface area (Å²) in [6.45, 7) is 5.96. The molecular weight excluding hydrogens is 404 g/mol. The summed E-state index contributed by atoms with van der Waals surface area (Å²) >= 11 is 0. The molecule has 1 aromatic carbocycles. The Hall–Kier alpha value is -2.97. The maximum atomic E-state index is 13.0. The third-order valence-corrected chi connectivity index (χ3v) is 4.22. The van der Waals surface area contributed by atoms with Crippen LogP contribution in [0.15, 0.2) is 42.6 Å². The molecule has 1 heterocycles. The number of pyridine rings is 1. The number of carbonyl (C=O) groups is 2. The van der Waals surface area contributed by atoms with E-state index in [4.69, 9.17) is 9.90 Å². The Morgan fingerprint density at radius 3 is 2.07 bits per heavy atom. The second kappa shape index (κ2) is 8.81. The lowest BCUT2D eigenvalue weighted by atomic mass is 10.1. The summed E-state index contributed by atoms with van der Waals surface area (Å²) in [7, 11) is 0. The fourth-order valence-corrected chi connectivity index (χ4v) is 2.73. The second-order valence-electron chi connectivity index (χ2n) is 7.97. The summed E-state index contributed by atoms with van der Waals surface area (Å²) in [5.41, 5.74) is 2.58. The quantitative estimate of drug-likeness (QED) is 0.707. The molecule has 0 aliphatic heterocycles. The number of hydrogen-bond donors (Lipinski definition) is 2. The van der Waals surface area contributed by atoms with E-state index in [9.17, 15) is 22.4 Å². The van der Waals surface area contributed by atoms with Gasteiger partial charge in [-0.15, -0.1) is 0 Å². The molecule has 162 valence electrons. The van der Waals surface area contributed by atoms with Crippen molar-refractivity contribution in [1.82, 2.24) is 10.3 Å². The Kier molecular flexibility index (Phi) is 6.84. The summed E-state index contributed by atoms with van der Waals surface area (Å²) in [5.74, 6) is -2.59. The molecule has 0 saturated heterocycles. The summed E-state index contributed by atoms with van der Waals surface area (Å²) in [4.78, 5) is 25.5. The first-order valence-corrected chi connectivity index (χ1v) is 9.12. The summed E-state index contributed by atoms with van der Waals surface area (Å²) in [6.07, 6.45) is -2.38. The number of rotatable bonds is 3.